The molecular weight excluding hydrogens is 341 g/mol. The van der Waals surface area contributed by atoms with Crippen molar-refractivity contribution in [1.82, 2.24) is 4.90 Å². The van der Waals surface area contributed by atoms with Crippen molar-refractivity contribution in [2.24, 2.45) is 5.92 Å². The number of rotatable bonds is 3. The minimum absolute atomic E-state index is 0.190. The zero-order valence-corrected chi connectivity index (χ0v) is 13.4. The fourth-order valence-electron chi connectivity index (χ4n) is 2.43. The quantitative estimate of drug-likeness (QED) is 0.781. The largest absolute Gasteiger partial charge is 0.466 e. The van der Waals surface area contributed by atoms with E-state index in [1.807, 2.05) is 0 Å². The summed E-state index contributed by atoms with van der Waals surface area (Å²) in [5.41, 5.74) is 0.410. The molecule has 1 saturated heterocycles. The topological polar surface area (TPSA) is 46.6 Å². The molecule has 0 aromatic heterocycles. The van der Waals surface area contributed by atoms with Crippen molar-refractivity contribution in [2.75, 3.05) is 19.7 Å². The van der Waals surface area contributed by atoms with Crippen LogP contribution < -0.4 is 0 Å². The molecule has 1 heterocycles. The molecule has 1 aromatic carbocycles. The first-order chi connectivity index (χ1) is 10.0. The fourth-order valence-corrected chi connectivity index (χ4v) is 2.80. The van der Waals surface area contributed by atoms with E-state index in [1.54, 1.807) is 11.8 Å². The van der Waals surface area contributed by atoms with E-state index in [0.29, 0.717) is 25.3 Å². The van der Waals surface area contributed by atoms with Gasteiger partial charge in [0.1, 0.15) is 5.82 Å². The van der Waals surface area contributed by atoms with Crippen LogP contribution in [0, 0.1) is 11.7 Å². The number of esters is 1. The Kier molecular flexibility index (Phi) is 5.33. The van der Waals surface area contributed by atoms with Crippen LogP contribution in [0.4, 0.5) is 4.39 Å². The van der Waals surface area contributed by atoms with Crippen LogP contribution >= 0.6 is 15.9 Å². The van der Waals surface area contributed by atoms with E-state index in [0.717, 1.165) is 12.8 Å². The van der Waals surface area contributed by atoms with E-state index in [2.05, 4.69) is 15.9 Å². The number of carbonyl (C=O) groups excluding carboxylic acids is 2. The van der Waals surface area contributed by atoms with Gasteiger partial charge in [-0.05, 0) is 53.9 Å². The number of hydrogen-bond acceptors (Lipinski definition) is 3. The van der Waals surface area contributed by atoms with E-state index >= 15 is 0 Å². The first kappa shape index (κ1) is 15.9. The Morgan fingerprint density at radius 1 is 1.48 bits per heavy atom. The van der Waals surface area contributed by atoms with Gasteiger partial charge in [0.25, 0.3) is 5.91 Å². The predicted molar refractivity (Wildman–Crippen MR) is 79.4 cm³/mol. The summed E-state index contributed by atoms with van der Waals surface area (Å²) < 4.78 is 18.5. The SMILES string of the molecule is CCOC(=O)[C@@H]1CCCN(C(=O)c2ccc(F)c(Br)c2)C1. The molecule has 1 fully saturated rings. The summed E-state index contributed by atoms with van der Waals surface area (Å²) in [5, 5.41) is 0. The number of piperidine rings is 1. The van der Waals surface area contributed by atoms with Gasteiger partial charge in [-0.2, -0.15) is 0 Å². The maximum absolute atomic E-state index is 13.2. The zero-order chi connectivity index (χ0) is 15.4. The van der Waals surface area contributed by atoms with Crippen molar-refractivity contribution in [1.29, 1.82) is 0 Å². The van der Waals surface area contributed by atoms with Gasteiger partial charge in [0.2, 0.25) is 0 Å². The highest BCUT2D eigenvalue weighted by Crippen LogP contribution is 2.22. The lowest BCUT2D eigenvalue weighted by Gasteiger charge is -2.31. The summed E-state index contributed by atoms with van der Waals surface area (Å²) in [6, 6.07) is 4.17. The van der Waals surface area contributed by atoms with Gasteiger partial charge >= 0.3 is 5.97 Å². The number of nitrogens with zero attached hydrogens (tertiary/aromatic N) is 1. The Morgan fingerprint density at radius 2 is 2.24 bits per heavy atom. The van der Waals surface area contributed by atoms with Gasteiger partial charge in [0.05, 0.1) is 17.0 Å². The van der Waals surface area contributed by atoms with Gasteiger partial charge < -0.3 is 9.64 Å². The fraction of sp³-hybridized carbons (Fsp3) is 0.467. The second-order valence-corrected chi connectivity index (χ2v) is 5.83. The molecule has 2 rings (SSSR count). The molecular formula is C15H17BrFNO3. The smallest absolute Gasteiger partial charge is 0.310 e. The first-order valence-corrected chi connectivity index (χ1v) is 7.73. The van der Waals surface area contributed by atoms with Gasteiger partial charge in [-0.1, -0.05) is 0 Å². The molecule has 0 radical (unpaired) electrons. The Labute approximate surface area is 131 Å². The Balaban J connectivity index is 2.08. The number of ether oxygens (including phenoxy) is 1. The molecule has 0 aliphatic carbocycles. The lowest BCUT2D eigenvalue weighted by Crippen LogP contribution is -2.42. The molecule has 0 spiro atoms. The summed E-state index contributed by atoms with van der Waals surface area (Å²) in [6.07, 6.45) is 1.49. The normalized spacial score (nSPS) is 18.4. The minimum atomic E-state index is -0.408. The van der Waals surface area contributed by atoms with Gasteiger partial charge in [0.15, 0.2) is 0 Å². The van der Waals surface area contributed by atoms with Gasteiger partial charge in [-0.25, -0.2) is 4.39 Å². The second-order valence-electron chi connectivity index (χ2n) is 4.97. The van der Waals surface area contributed by atoms with Gasteiger partial charge in [-0.3, -0.25) is 9.59 Å². The minimum Gasteiger partial charge on any atom is -0.466 e. The summed E-state index contributed by atoms with van der Waals surface area (Å²) in [4.78, 5) is 25.8. The molecule has 1 amide bonds. The average molecular weight is 358 g/mol. The highest BCUT2D eigenvalue weighted by Gasteiger charge is 2.29. The predicted octanol–water partition coefficient (Wildman–Crippen LogP) is 3.00. The monoisotopic (exact) mass is 357 g/mol. The summed E-state index contributed by atoms with van der Waals surface area (Å²) >= 11 is 3.07. The third kappa shape index (κ3) is 3.81. The van der Waals surface area contributed by atoms with E-state index in [-0.39, 0.29) is 22.3 Å². The van der Waals surface area contributed by atoms with Gasteiger partial charge in [0, 0.05) is 18.7 Å². The average Bonchev–Trinajstić information content (AvgIpc) is 2.49. The number of likely N-dealkylation sites (tertiary alicyclic amines) is 1. The van der Waals surface area contributed by atoms with E-state index < -0.39 is 5.82 Å². The van der Waals surface area contributed by atoms with Crippen LogP contribution in [0.2, 0.25) is 0 Å². The van der Waals surface area contributed by atoms with Crippen molar-refractivity contribution in [3.05, 3.63) is 34.1 Å². The molecule has 21 heavy (non-hydrogen) atoms. The second kappa shape index (κ2) is 7.02. The van der Waals surface area contributed by atoms with Gasteiger partial charge in [-0.15, -0.1) is 0 Å². The number of hydrogen-bond donors (Lipinski definition) is 0. The number of carbonyl (C=O) groups is 2. The molecule has 0 saturated carbocycles. The lowest BCUT2D eigenvalue weighted by molar-refractivity contribution is -0.149. The molecule has 0 unspecified atom stereocenters. The molecule has 1 atom stereocenters. The van der Waals surface area contributed by atoms with Crippen molar-refractivity contribution in [3.63, 3.8) is 0 Å². The number of amides is 1. The van der Waals surface area contributed by atoms with Crippen LogP contribution in [0.3, 0.4) is 0 Å². The molecule has 4 nitrogen and oxygen atoms in total. The summed E-state index contributed by atoms with van der Waals surface area (Å²) in [5.74, 6) is -1.12. The van der Waals surface area contributed by atoms with Crippen LogP contribution in [0.15, 0.2) is 22.7 Å². The third-order valence-electron chi connectivity index (χ3n) is 3.50. The standard InChI is InChI=1S/C15H17BrFNO3/c1-2-21-15(20)11-4-3-7-18(9-11)14(19)10-5-6-13(17)12(16)8-10/h5-6,8,11H,2-4,7,9H2,1H3/t11-/m1/s1. The van der Waals surface area contributed by atoms with Crippen LogP contribution in [0.25, 0.3) is 0 Å². The van der Waals surface area contributed by atoms with E-state index in [4.69, 9.17) is 4.74 Å². The zero-order valence-electron chi connectivity index (χ0n) is 11.8. The lowest BCUT2D eigenvalue weighted by atomic mass is 9.97. The molecule has 0 N–H and O–H groups in total. The third-order valence-corrected chi connectivity index (χ3v) is 4.10. The Hall–Kier alpha value is -1.43. The Morgan fingerprint density at radius 3 is 2.90 bits per heavy atom. The van der Waals surface area contributed by atoms with Crippen LogP contribution in [0.1, 0.15) is 30.1 Å². The Bertz CT molecular complexity index is 550. The maximum Gasteiger partial charge on any atom is 0.310 e. The van der Waals surface area contributed by atoms with Crippen LogP contribution in [0.5, 0.6) is 0 Å². The highest BCUT2D eigenvalue weighted by atomic mass is 79.9. The molecule has 1 aliphatic rings. The molecule has 6 heteroatoms. The first-order valence-electron chi connectivity index (χ1n) is 6.94. The highest BCUT2D eigenvalue weighted by molar-refractivity contribution is 9.10. The van der Waals surface area contributed by atoms with E-state index in [9.17, 15) is 14.0 Å². The van der Waals surface area contributed by atoms with Crippen molar-refractivity contribution >= 4 is 27.8 Å². The maximum atomic E-state index is 13.2. The molecule has 114 valence electrons. The number of benzene rings is 1. The van der Waals surface area contributed by atoms with Crippen LogP contribution in [-0.2, 0) is 9.53 Å². The van der Waals surface area contributed by atoms with E-state index in [1.165, 1.54) is 18.2 Å². The van der Waals surface area contributed by atoms with Crippen molar-refractivity contribution < 1.29 is 18.7 Å². The summed E-state index contributed by atoms with van der Waals surface area (Å²) in [7, 11) is 0. The number of halogens is 2. The van der Waals surface area contributed by atoms with Crippen molar-refractivity contribution in [2.45, 2.75) is 19.8 Å². The molecule has 0 bridgehead atoms. The molecule has 1 aliphatic heterocycles. The van der Waals surface area contributed by atoms with Crippen molar-refractivity contribution in [3.8, 4) is 0 Å². The van der Waals surface area contributed by atoms with Crippen LogP contribution in [-0.4, -0.2) is 36.5 Å². The molecule has 1 aromatic rings. The summed E-state index contributed by atoms with van der Waals surface area (Å²) in [6.45, 7) is 3.06.